The van der Waals surface area contributed by atoms with Gasteiger partial charge in [0.2, 0.25) is 0 Å². The van der Waals surface area contributed by atoms with Gasteiger partial charge in [-0.2, -0.15) is 5.10 Å². The van der Waals surface area contributed by atoms with E-state index in [1.54, 1.807) is 6.20 Å². The molecule has 1 heterocycles. The van der Waals surface area contributed by atoms with Gasteiger partial charge in [-0.25, -0.2) is 4.99 Å². The summed E-state index contributed by atoms with van der Waals surface area (Å²) in [6.07, 6.45) is 1.78. The van der Waals surface area contributed by atoms with Gasteiger partial charge in [0, 0.05) is 25.2 Å². The number of guanidine groups is 1. The number of benzene rings is 2. The maximum absolute atomic E-state index is 5.96. The number of rotatable bonds is 7. The average Bonchev–Trinajstić information content (AvgIpc) is 3.08. The molecule has 0 saturated carbocycles. The Hall–Kier alpha value is -3.02. The van der Waals surface area contributed by atoms with Gasteiger partial charge in [-0.1, -0.05) is 36.4 Å². The topological polar surface area (TPSA) is 63.5 Å². The molecular weight excluding hydrogens is 326 g/mol. The Kier molecular flexibility index (Phi) is 6.09. The van der Waals surface area contributed by atoms with Crippen molar-refractivity contribution < 1.29 is 4.74 Å². The molecule has 1 aromatic heterocycles. The number of fused-ring (bicyclic) bond motifs is 1. The lowest BCUT2D eigenvalue weighted by Gasteiger charge is -2.13. The number of nitrogens with zero attached hydrogens (tertiary/aromatic N) is 3. The fraction of sp³-hybridized carbons (Fsp3) is 0.300. The summed E-state index contributed by atoms with van der Waals surface area (Å²) in [4.78, 5) is 4.59. The Balaban J connectivity index is 1.54. The van der Waals surface area contributed by atoms with Crippen LogP contribution in [0.4, 0.5) is 0 Å². The van der Waals surface area contributed by atoms with E-state index in [0.29, 0.717) is 19.7 Å². The standard InChI is InChI=1S/C20H25N5O/c1-3-21-20(23-15-17-11-12-24-25(17)2)22-13-14-26-19-10-6-8-16-7-4-5-9-18(16)19/h4-12H,3,13-15H2,1-2H3,(H2,21,22,23). The second-order valence-electron chi connectivity index (χ2n) is 5.89. The van der Waals surface area contributed by atoms with Gasteiger partial charge in [-0.3, -0.25) is 4.68 Å². The Labute approximate surface area is 153 Å². The van der Waals surface area contributed by atoms with E-state index >= 15 is 0 Å². The summed E-state index contributed by atoms with van der Waals surface area (Å²) >= 11 is 0. The Morgan fingerprint density at radius 3 is 2.77 bits per heavy atom. The first-order valence-electron chi connectivity index (χ1n) is 8.87. The highest BCUT2D eigenvalue weighted by Gasteiger charge is 2.03. The first-order chi connectivity index (χ1) is 12.8. The smallest absolute Gasteiger partial charge is 0.191 e. The number of ether oxygens (including phenoxy) is 1. The third-order valence-corrected chi connectivity index (χ3v) is 4.07. The summed E-state index contributed by atoms with van der Waals surface area (Å²) in [6, 6.07) is 16.3. The Morgan fingerprint density at radius 1 is 1.12 bits per heavy atom. The highest BCUT2D eigenvalue weighted by molar-refractivity contribution is 5.88. The van der Waals surface area contributed by atoms with Crippen LogP contribution in [0.1, 0.15) is 12.6 Å². The summed E-state index contributed by atoms with van der Waals surface area (Å²) < 4.78 is 7.79. The number of aliphatic imine (C=N–C) groups is 1. The van der Waals surface area contributed by atoms with Crippen LogP contribution in [-0.4, -0.2) is 35.4 Å². The minimum Gasteiger partial charge on any atom is -0.491 e. The molecule has 0 fully saturated rings. The van der Waals surface area contributed by atoms with Crippen molar-refractivity contribution in [2.24, 2.45) is 12.0 Å². The number of hydrogen-bond acceptors (Lipinski definition) is 3. The van der Waals surface area contributed by atoms with Crippen LogP contribution in [0.2, 0.25) is 0 Å². The van der Waals surface area contributed by atoms with Crippen molar-refractivity contribution in [1.29, 1.82) is 0 Å². The van der Waals surface area contributed by atoms with E-state index in [1.165, 1.54) is 5.39 Å². The minimum atomic E-state index is 0.560. The zero-order valence-corrected chi connectivity index (χ0v) is 15.3. The van der Waals surface area contributed by atoms with Crippen LogP contribution in [0.5, 0.6) is 5.75 Å². The summed E-state index contributed by atoms with van der Waals surface area (Å²) in [5.74, 6) is 1.68. The minimum absolute atomic E-state index is 0.560. The second-order valence-corrected chi connectivity index (χ2v) is 5.89. The van der Waals surface area contributed by atoms with Gasteiger partial charge in [0.15, 0.2) is 5.96 Å². The predicted molar refractivity (Wildman–Crippen MR) is 105 cm³/mol. The molecule has 136 valence electrons. The van der Waals surface area contributed by atoms with Gasteiger partial charge in [-0.05, 0) is 24.4 Å². The third kappa shape index (κ3) is 4.53. The first-order valence-corrected chi connectivity index (χ1v) is 8.87. The van der Waals surface area contributed by atoms with Gasteiger partial charge in [0.05, 0.1) is 18.8 Å². The van der Waals surface area contributed by atoms with Crippen molar-refractivity contribution in [3.8, 4) is 5.75 Å². The maximum atomic E-state index is 5.96. The van der Waals surface area contributed by atoms with E-state index in [9.17, 15) is 0 Å². The number of nitrogens with one attached hydrogen (secondary N) is 2. The fourth-order valence-electron chi connectivity index (χ4n) is 2.71. The summed E-state index contributed by atoms with van der Waals surface area (Å²) in [6.45, 7) is 4.66. The van der Waals surface area contributed by atoms with E-state index in [-0.39, 0.29) is 0 Å². The highest BCUT2D eigenvalue weighted by atomic mass is 16.5. The van der Waals surface area contributed by atoms with E-state index < -0.39 is 0 Å². The van der Waals surface area contributed by atoms with Crippen LogP contribution in [0.25, 0.3) is 10.8 Å². The molecule has 0 atom stereocenters. The first kappa shape index (κ1) is 17.8. The van der Waals surface area contributed by atoms with Crippen molar-refractivity contribution in [3.63, 3.8) is 0 Å². The van der Waals surface area contributed by atoms with Crippen molar-refractivity contribution in [2.75, 3.05) is 19.7 Å². The molecule has 0 bridgehead atoms. The Bertz CT molecular complexity index is 866. The monoisotopic (exact) mass is 351 g/mol. The van der Waals surface area contributed by atoms with Crippen molar-refractivity contribution in [1.82, 2.24) is 20.4 Å². The molecule has 0 aliphatic rings. The van der Waals surface area contributed by atoms with Crippen molar-refractivity contribution in [3.05, 3.63) is 60.4 Å². The molecule has 26 heavy (non-hydrogen) atoms. The molecule has 0 aliphatic carbocycles. The lowest BCUT2D eigenvalue weighted by molar-refractivity contribution is 0.325. The van der Waals surface area contributed by atoms with E-state index in [1.807, 2.05) is 49.0 Å². The summed E-state index contributed by atoms with van der Waals surface area (Å²) in [5, 5.41) is 13.0. The number of aryl methyl sites for hydroxylation is 1. The molecule has 0 saturated heterocycles. The highest BCUT2D eigenvalue weighted by Crippen LogP contribution is 2.24. The molecule has 0 unspecified atom stereocenters. The van der Waals surface area contributed by atoms with Crippen LogP contribution in [0, 0.1) is 0 Å². The SMILES string of the molecule is CCNC(=NCc1ccnn1C)NCCOc1cccc2ccccc12. The predicted octanol–water partition coefficient (Wildman–Crippen LogP) is 2.71. The van der Waals surface area contributed by atoms with Crippen molar-refractivity contribution >= 4 is 16.7 Å². The third-order valence-electron chi connectivity index (χ3n) is 4.07. The van der Waals surface area contributed by atoms with Gasteiger partial charge in [0.1, 0.15) is 12.4 Å². The molecule has 0 aliphatic heterocycles. The van der Waals surface area contributed by atoms with Gasteiger partial charge in [-0.15, -0.1) is 0 Å². The largest absolute Gasteiger partial charge is 0.491 e. The van der Waals surface area contributed by atoms with Gasteiger partial charge < -0.3 is 15.4 Å². The lowest BCUT2D eigenvalue weighted by atomic mass is 10.1. The van der Waals surface area contributed by atoms with E-state index in [4.69, 9.17) is 4.74 Å². The van der Waals surface area contributed by atoms with Gasteiger partial charge >= 0.3 is 0 Å². The molecule has 3 rings (SSSR count). The van der Waals surface area contributed by atoms with Crippen LogP contribution in [-0.2, 0) is 13.6 Å². The van der Waals surface area contributed by atoms with Crippen LogP contribution < -0.4 is 15.4 Å². The van der Waals surface area contributed by atoms with Gasteiger partial charge in [0.25, 0.3) is 0 Å². The zero-order valence-electron chi connectivity index (χ0n) is 15.3. The zero-order chi connectivity index (χ0) is 18.2. The molecule has 6 heteroatoms. The van der Waals surface area contributed by atoms with Crippen LogP contribution >= 0.6 is 0 Å². The average molecular weight is 351 g/mol. The second kappa shape index (κ2) is 8.89. The van der Waals surface area contributed by atoms with E-state index in [2.05, 4.69) is 38.9 Å². The quantitative estimate of drug-likeness (QED) is 0.390. The maximum Gasteiger partial charge on any atom is 0.191 e. The molecule has 0 radical (unpaired) electrons. The molecule has 0 spiro atoms. The van der Waals surface area contributed by atoms with Crippen molar-refractivity contribution in [2.45, 2.75) is 13.5 Å². The molecular formula is C20H25N5O. The molecule has 2 N–H and O–H groups in total. The van der Waals surface area contributed by atoms with Crippen LogP contribution in [0.3, 0.4) is 0 Å². The molecule has 0 amide bonds. The molecule has 3 aromatic rings. The van der Waals surface area contributed by atoms with E-state index in [0.717, 1.165) is 29.3 Å². The summed E-state index contributed by atoms with van der Waals surface area (Å²) in [7, 11) is 1.92. The normalized spacial score (nSPS) is 11.5. The molecule has 2 aromatic carbocycles. The summed E-state index contributed by atoms with van der Waals surface area (Å²) in [5.41, 5.74) is 1.06. The number of aromatic nitrogens is 2. The lowest BCUT2D eigenvalue weighted by Crippen LogP contribution is -2.39. The Morgan fingerprint density at radius 2 is 1.96 bits per heavy atom. The fourth-order valence-corrected chi connectivity index (χ4v) is 2.71. The number of hydrogen-bond donors (Lipinski definition) is 2. The van der Waals surface area contributed by atoms with Crippen LogP contribution in [0.15, 0.2) is 59.7 Å². The molecule has 6 nitrogen and oxygen atoms in total.